The topological polar surface area (TPSA) is 68.0 Å². The van der Waals surface area contributed by atoms with Crippen molar-refractivity contribution in [3.8, 4) is 5.82 Å². The molecule has 20 heavy (non-hydrogen) atoms. The third-order valence-electron chi connectivity index (χ3n) is 2.29. The van der Waals surface area contributed by atoms with Crippen LogP contribution in [0.25, 0.3) is 5.82 Å². The number of halogens is 5. The summed E-state index contributed by atoms with van der Waals surface area (Å²) < 4.78 is 38.7. The Morgan fingerprint density at radius 1 is 1.40 bits per heavy atom. The van der Waals surface area contributed by atoms with Crippen molar-refractivity contribution in [1.29, 1.82) is 0 Å². The number of hydrogen-bond acceptors (Lipinski definition) is 3. The van der Waals surface area contributed by atoms with E-state index in [1.54, 1.807) is 22.6 Å². The highest BCUT2D eigenvalue weighted by molar-refractivity contribution is 14.1. The van der Waals surface area contributed by atoms with Crippen LogP contribution < -0.4 is 0 Å². The Hall–Kier alpha value is -1.36. The van der Waals surface area contributed by atoms with E-state index in [0.717, 1.165) is 10.9 Å². The monoisotopic (exact) mass is 417 g/mol. The van der Waals surface area contributed by atoms with Crippen molar-refractivity contribution in [2.45, 2.75) is 6.18 Å². The van der Waals surface area contributed by atoms with Crippen molar-refractivity contribution in [3.63, 3.8) is 0 Å². The van der Waals surface area contributed by atoms with Crippen molar-refractivity contribution in [3.05, 3.63) is 38.3 Å². The van der Waals surface area contributed by atoms with E-state index < -0.39 is 17.7 Å². The van der Waals surface area contributed by atoms with Gasteiger partial charge in [0.15, 0.2) is 5.82 Å². The van der Waals surface area contributed by atoms with Gasteiger partial charge in [-0.3, -0.25) is 0 Å². The van der Waals surface area contributed by atoms with Crippen molar-refractivity contribution in [2.24, 2.45) is 0 Å². The Labute approximate surface area is 128 Å². The lowest BCUT2D eigenvalue weighted by Gasteiger charge is -2.09. The molecule has 0 fully saturated rings. The first-order valence-corrected chi connectivity index (χ1v) is 6.37. The van der Waals surface area contributed by atoms with Crippen LogP contribution >= 0.6 is 34.2 Å². The first kappa shape index (κ1) is 15.0. The average Bonchev–Trinajstić information content (AvgIpc) is 2.70. The van der Waals surface area contributed by atoms with E-state index in [2.05, 4.69) is 10.1 Å². The van der Waals surface area contributed by atoms with Gasteiger partial charge >= 0.3 is 12.1 Å². The Balaban J connectivity index is 2.52. The van der Waals surface area contributed by atoms with E-state index in [1.165, 1.54) is 0 Å². The maximum absolute atomic E-state index is 12.5. The molecule has 0 aromatic carbocycles. The summed E-state index contributed by atoms with van der Waals surface area (Å²) in [5.74, 6) is -1.28. The third kappa shape index (κ3) is 2.73. The van der Waals surface area contributed by atoms with Crippen molar-refractivity contribution >= 4 is 40.2 Å². The van der Waals surface area contributed by atoms with Gasteiger partial charge in [-0.1, -0.05) is 11.6 Å². The smallest absolute Gasteiger partial charge is 0.417 e. The summed E-state index contributed by atoms with van der Waals surface area (Å²) in [5.41, 5.74) is -1.09. The summed E-state index contributed by atoms with van der Waals surface area (Å²) in [7, 11) is 0. The lowest BCUT2D eigenvalue weighted by Crippen LogP contribution is -2.09. The second kappa shape index (κ2) is 5.20. The van der Waals surface area contributed by atoms with Gasteiger partial charge in [0, 0.05) is 6.20 Å². The predicted molar refractivity (Wildman–Crippen MR) is 71.0 cm³/mol. The van der Waals surface area contributed by atoms with Gasteiger partial charge in [-0.2, -0.15) is 18.3 Å². The van der Waals surface area contributed by atoms with Gasteiger partial charge in [0.25, 0.3) is 0 Å². The zero-order valence-electron chi connectivity index (χ0n) is 9.32. The maximum atomic E-state index is 12.5. The fourth-order valence-electron chi connectivity index (χ4n) is 1.37. The number of carboxylic acid groups (broad SMARTS) is 1. The van der Waals surface area contributed by atoms with Gasteiger partial charge < -0.3 is 5.11 Å². The van der Waals surface area contributed by atoms with Gasteiger partial charge in [-0.15, -0.1) is 0 Å². The highest BCUT2D eigenvalue weighted by Crippen LogP contribution is 2.32. The molecule has 10 heteroatoms. The van der Waals surface area contributed by atoms with Gasteiger partial charge in [-0.05, 0) is 28.7 Å². The van der Waals surface area contributed by atoms with Gasteiger partial charge in [0.05, 0.1) is 16.8 Å². The van der Waals surface area contributed by atoms with E-state index in [0.29, 0.717) is 12.3 Å². The molecule has 2 heterocycles. The van der Waals surface area contributed by atoms with Crippen LogP contribution in [0, 0.1) is 3.70 Å². The summed E-state index contributed by atoms with van der Waals surface area (Å²) in [6.45, 7) is 0. The van der Waals surface area contributed by atoms with Crippen LogP contribution in [0.2, 0.25) is 5.02 Å². The van der Waals surface area contributed by atoms with Gasteiger partial charge in [0.2, 0.25) is 0 Å². The molecule has 0 spiro atoms. The number of nitrogens with zero attached hydrogens (tertiary/aromatic N) is 3. The molecule has 0 saturated carbocycles. The fraction of sp³-hybridized carbons (Fsp3) is 0.100. The molecule has 0 aliphatic heterocycles. The average molecular weight is 418 g/mol. The molecular formula is C10H4ClF3IN3O2. The standard InChI is InChI=1S/C10H4ClF3IN3O2/c11-6-1-4(10(12,13)14)2-16-8(6)18-7(15)5(3-17-18)9(19)20/h1-3H,(H,19,20). The highest BCUT2D eigenvalue weighted by atomic mass is 127. The van der Waals surface area contributed by atoms with Gasteiger partial charge in [-0.25, -0.2) is 14.5 Å². The van der Waals surface area contributed by atoms with E-state index in [9.17, 15) is 18.0 Å². The molecule has 5 nitrogen and oxygen atoms in total. The Bertz CT molecular complexity index is 687. The Morgan fingerprint density at radius 3 is 2.50 bits per heavy atom. The summed E-state index contributed by atoms with van der Waals surface area (Å²) in [5, 5.41) is 12.4. The summed E-state index contributed by atoms with van der Waals surface area (Å²) in [6, 6.07) is 0.710. The number of alkyl halides is 3. The van der Waals surface area contributed by atoms with Crippen LogP contribution in [0.4, 0.5) is 13.2 Å². The second-order valence-corrected chi connectivity index (χ2v) is 5.02. The van der Waals surface area contributed by atoms with Crippen LogP contribution in [-0.4, -0.2) is 25.8 Å². The molecule has 1 N–H and O–H groups in total. The molecule has 106 valence electrons. The Kier molecular flexibility index (Phi) is 3.91. The van der Waals surface area contributed by atoms with Crippen molar-refractivity contribution < 1.29 is 23.1 Å². The van der Waals surface area contributed by atoms with Crippen LogP contribution in [0.3, 0.4) is 0 Å². The second-order valence-electron chi connectivity index (χ2n) is 3.59. The van der Waals surface area contributed by atoms with E-state index in [4.69, 9.17) is 16.7 Å². The molecule has 0 saturated heterocycles. The third-order valence-corrected chi connectivity index (χ3v) is 3.61. The van der Waals surface area contributed by atoms with Crippen LogP contribution in [0.5, 0.6) is 0 Å². The molecule has 2 aromatic rings. The number of pyridine rings is 1. The van der Waals surface area contributed by atoms with Crippen LogP contribution in [0.15, 0.2) is 18.5 Å². The number of aromatic carboxylic acids is 1. The highest BCUT2D eigenvalue weighted by Gasteiger charge is 2.32. The molecule has 2 rings (SSSR count). The number of rotatable bonds is 2. The summed E-state index contributed by atoms with van der Waals surface area (Å²) >= 11 is 7.45. The zero-order chi connectivity index (χ0) is 15.1. The zero-order valence-corrected chi connectivity index (χ0v) is 12.2. The van der Waals surface area contributed by atoms with Crippen LogP contribution in [0.1, 0.15) is 15.9 Å². The number of aromatic nitrogens is 3. The lowest BCUT2D eigenvalue weighted by molar-refractivity contribution is -0.137. The van der Waals surface area contributed by atoms with E-state index in [-0.39, 0.29) is 20.1 Å². The first-order valence-electron chi connectivity index (χ1n) is 4.91. The minimum absolute atomic E-state index is 0.0726. The molecule has 0 aliphatic carbocycles. The largest absolute Gasteiger partial charge is 0.478 e. The Morgan fingerprint density at radius 2 is 2.05 bits per heavy atom. The molecule has 0 atom stereocenters. The van der Waals surface area contributed by atoms with Crippen LogP contribution in [-0.2, 0) is 6.18 Å². The minimum Gasteiger partial charge on any atom is -0.478 e. The van der Waals surface area contributed by atoms with Gasteiger partial charge in [0.1, 0.15) is 9.26 Å². The number of hydrogen-bond donors (Lipinski definition) is 1. The molecular weight excluding hydrogens is 413 g/mol. The van der Waals surface area contributed by atoms with Crippen molar-refractivity contribution in [2.75, 3.05) is 0 Å². The molecule has 0 amide bonds. The fourth-order valence-corrected chi connectivity index (χ4v) is 2.34. The summed E-state index contributed by atoms with van der Waals surface area (Å²) in [4.78, 5) is 14.5. The number of carboxylic acids is 1. The molecule has 0 aliphatic rings. The summed E-state index contributed by atoms with van der Waals surface area (Å²) in [6.07, 6.45) is -2.88. The minimum atomic E-state index is -4.56. The maximum Gasteiger partial charge on any atom is 0.417 e. The first-order chi connectivity index (χ1) is 9.21. The number of carbonyl (C=O) groups is 1. The van der Waals surface area contributed by atoms with E-state index in [1.807, 2.05) is 0 Å². The lowest BCUT2D eigenvalue weighted by atomic mass is 10.3. The molecule has 2 aromatic heterocycles. The SMILES string of the molecule is O=C(O)c1cnn(-c2ncc(C(F)(F)F)cc2Cl)c1I. The quantitative estimate of drug-likeness (QED) is 0.762. The van der Waals surface area contributed by atoms with E-state index >= 15 is 0 Å². The molecule has 0 unspecified atom stereocenters. The molecule has 0 bridgehead atoms. The van der Waals surface area contributed by atoms with Crippen molar-refractivity contribution in [1.82, 2.24) is 14.8 Å². The molecule has 0 radical (unpaired) electrons. The normalized spacial score (nSPS) is 11.7. The predicted octanol–water partition coefficient (Wildman–Crippen LogP) is 3.24.